The van der Waals surface area contributed by atoms with E-state index in [4.69, 9.17) is 15.3 Å². The summed E-state index contributed by atoms with van der Waals surface area (Å²) in [5.41, 5.74) is 0. The Balaban J connectivity index is 2.25. The molecule has 3 heteroatoms. The first kappa shape index (κ1) is 8.04. The third-order valence-corrected chi connectivity index (χ3v) is 1.83. The van der Waals surface area contributed by atoms with Gasteiger partial charge in [-0.15, -0.1) is 0 Å². The van der Waals surface area contributed by atoms with Gasteiger partial charge in [-0.1, -0.05) is 0 Å². The summed E-state index contributed by atoms with van der Waals surface area (Å²) in [5.74, 6) is 0. The minimum absolute atomic E-state index is 0.0818. The Hall–Kier alpha value is -1.06. The molecule has 0 amide bonds. The largest absolute Gasteiger partial charge is 0.373 e. The molecule has 58 valence electrons. The molecule has 11 heavy (non-hydrogen) atoms. The molecule has 0 aromatic carbocycles. The first-order valence-electron chi connectivity index (χ1n) is 3.76. The topological polar surface area (TPSA) is 56.8 Å². The van der Waals surface area contributed by atoms with Gasteiger partial charge in [-0.25, -0.2) is 0 Å². The van der Waals surface area contributed by atoms with Crippen molar-refractivity contribution in [2.24, 2.45) is 0 Å². The van der Waals surface area contributed by atoms with E-state index in [0.29, 0.717) is 12.8 Å². The maximum absolute atomic E-state index is 8.35. The maximum atomic E-state index is 8.35. The zero-order chi connectivity index (χ0) is 8.10. The lowest BCUT2D eigenvalue weighted by molar-refractivity contribution is 0.0509. The van der Waals surface area contributed by atoms with E-state index in [9.17, 15) is 0 Å². The van der Waals surface area contributed by atoms with Gasteiger partial charge < -0.3 is 4.74 Å². The predicted molar refractivity (Wildman–Crippen MR) is 38.4 cm³/mol. The highest BCUT2D eigenvalue weighted by molar-refractivity contribution is 4.86. The molecule has 1 fully saturated rings. The van der Waals surface area contributed by atoms with Gasteiger partial charge in [0.25, 0.3) is 0 Å². The quantitative estimate of drug-likeness (QED) is 0.597. The van der Waals surface area contributed by atoms with Crippen LogP contribution >= 0.6 is 0 Å². The van der Waals surface area contributed by atoms with Gasteiger partial charge in [0.05, 0.1) is 37.2 Å². The number of hydrogen-bond donors (Lipinski definition) is 0. The Kier molecular flexibility index (Phi) is 2.89. The van der Waals surface area contributed by atoms with E-state index >= 15 is 0 Å². The van der Waals surface area contributed by atoms with Crippen molar-refractivity contribution < 1.29 is 4.74 Å². The van der Waals surface area contributed by atoms with Crippen molar-refractivity contribution in [3.8, 4) is 12.1 Å². The van der Waals surface area contributed by atoms with Gasteiger partial charge in [0, 0.05) is 0 Å². The molecule has 0 bridgehead atoms. The molecule has 0 spiro atoms. The minimum Gasteiger partial charge on any atom is -0.373 e. The summed E-state index contributed by atoms with van der Waals surface area (Å²) in [6.07, 6.45) is 2.95. The van der Waals surface area contributed by atoms with E-state index in [1.807, 2.05) is 0 Å². The van der Waals surface area contributed by atoms with Crippen molar-refractivity contribution in [1.29, 1.82) is 10.5 Å². The van der Waals surface area contributed by atoms with Gasteiger partial charge in [-0.05, 0) is 12.8 Å². The summed E-state index contributed by atoms with van der Waals surface area (Å²) in [5, 5.41) is 16.7. The summed E-state index contributed by atoms with van der Waals surface area (Å²) >= 11 is 0. The van der Waals surface area contributed by atoms with Crippen LogP contribution in [-0.2, 0) is 4.74 Å². The molecule has 0 radical (unpaired) electrons. The van der Waals surface area contributed by atoms with Crippen LogP contribution < -0.4 is 0 Å². The Bertz CT molecular complexity index is 179. The van der Waals surface area contributed by atoms with Crippen molar-refractivity contribution in [2.45, 2.75) is 37.9 Å². The smallest absolute Gasteiger partial charge is 0.0710 e. The van der Waals surface area contributed by atoms with Crippen LogP contribution in [0.4, 0.5) is 0 Å². The summed E-state index contributed by atoms with van der Waals surface area (Å²) in [6, 6.07) is 4.13. The van der Waals surface area contributed by atoms with Crippen LogP contribution in [0.25, 0.3) is 0 Å². The molecular weight excluding hydrogens is 140 g/mol. The van der Waals surface area contributed by atoms with Crippen LogP contribution in [0.3, 0.4) is 0 Å². The average Bonchev–Trinajstić information content (AvgIpc) is 2.38. The molecule has 1 aliphatic rings. The number of rotatable bonds is 2. The zero-order valence-corrected chi connectivity index (χ0v) is 6.29. The fraction of sp³-hybridized carbons (Fsp3) is 0.750. The van der Waals surface area contributed by atoms with Gasteiger partial charge in [0.2, 0.25) is 0 Å². The standard InChI is InChI=1S/C8H10N2O/c9-5-3-7-1-2-8(11-7)4-6-10/h7-8H,1-4H2/t7-,8-/m0/s1. The summed E-state index contributed by atoms with van der Waals surface area (Å²) in [7, 11) is 0. The SMILES string of the molecule is N#CC[C@@H]1CC[C@@H](CC#N)O1. The van der Waals surface area contributed by atoms with Gasteiger partial charge in [-0.2, -0.15) is 10.5 Å². The van der Waals surface area contributed by atoms with Crippen molar-refractivity contribution >= 4 is 0 Å². The lowest BCUT2D eigenvalue weighted by atomic mass is 10.1. The van der Waals surface area contributed by atoms with E-state index in [1.165, 1.54) is 0 Å². The Morgan fingerprint density at radius 3 is 1.91 bits per heavy atom. The lowest BCUT2D eigenvalue weighted by Crippen LogP contribution is -2.09. The Morgan fingerprint density at radius 2 is 1.55 bits per heavy atom. The predicted octanol–water partition coefficient (Wildman–Crippen LogP) is 1.36. The van der Waals surface area contributed by atoms with Crippen molar-refractivity contribution in [2.75, 3.05) is 0 Å². The normalized spacial score (nSPS) is 29.3. The second kappa shape index (κ2) is 3.95. The summed E-state index contributed by atoms with van der Waals surface area (Å²) < 4.78 is 5.40. The van der Waals surface area contributed by atoms with E-state index in [0.717, 1.165) is 12.8 Å². The zero-order valence-electron chi connectivity index (χ0n) is 6.29. The summed E-state index contributed by atoms with van der Waals surface area (Å²) in [6.45, 7) is 0. The van der Waals surface area contributed by atoms with Crippen molar-refractivity contribution in [3.63, 3.8) is 0 Å². The molecule has 0 saturated carbocycles. The first-order chi connectivity index (χ1) is 5.36. The Labute approximate surface area is 66.2 Å². The molecule has 0 aliphatic carbocycles. The third kappa shape index (κ3) is 2.22. The van der Waals surface area contributed by atoms with E-state index in [-0.39, 0.29) is 12.2 Å². The van der Waals surface area contributed by atoms with E-state index in [2.05, 4.69) is 12.1 Å². The molecule has 1 rings (SSSR count). The van der Waals surface area contributed by atoms with Crippen LogP contribution in [0.15, 0.2) is 0 Å². The highest BCUT2D eigenvalue weighted by Gasteiger charge is 2.24. The van der Waals surface area contributed by atoms with Crippen molar-refractivity contribution in [3.05, 3.63) is 0 Å². The van der Waals surface area contributed by atoms with Crippen LogP contribution in [-0.4, -0.2) is 12.2 Å². The molecule has 0 unspecified atom stereocenters. The summed E-state index contributed by atoms with van der Waals surface area (Å²) in [4.78, 5) is 0. The second-order valence-corrected chi connectivity index (χ2v) is 2.68. The molecule has 3 nitrogen and oxygen atoms in total. The number of nitrogens with zero attached hydrogens (tertiary/aromatic N) is 2. The van der Waals surface area contributed by atoms with Crippen LogP contribution in [0.5, 0.6) is 0 Å². The molecule has 0 aromatic rings. The molecule has 0 N–H and O–H groups in total. The van der Waals surface area contributed by atoms with Gasteiger partial charge in [-0.3, -0.25) is 0 Å². The number of hydrogen-bond acceptors (Lipinski definition) is 3. The van der Waals surface area contributed by atoms with Crippen LogP contribution in [0.1, 0.15) is 25.7 Å². The maximum Gasteiger partial charge on any atom is 0.0710 e. The molecular formula is C8H10N2O. The highest BCUT2D eigenvalue weighted by Crippen LogP contribution is 2.23. The molecule has 1 heterocycles. The first-order valence-corrected chi connectivity index (χ1v) is 3.76. The van der Waals surface area contributed by atoms with Crippen molar-refractivity contribution in [1.82, 2.24) is 0 Å². The fourth-order valence-electron chi connectivity index (χ4n) is 1.28. The van der Waals surface area contributed by atoms with Gasteiger partial charge in [0.1, 0.15) is 0 Å². The molecule has 0 aromatic heterocycles. The molecule has 1 aliphatic heterocycles. The molecule has 2 atom stereocenters. The highest BCUT2D eigenvalue weighted by atomic mass is 16.5. The number of nitriles is 2. The van der Waals surface area contributed by atoms with Crippen LogP contribution in [0, 0.1) is 22.7 Å². The second-order valence-electron chi connectivity index (χ2n) is 2.68. The average molecular weight is 150 g/mol. The van der Waals surface area contributed by atoms with E-state index < -0.39 is 0 Å². The van der Waals surface area contributed by atoms with Crippen LogP contribution in [0.2, 0.25) is 0 Å². The fourth-order valence-corrected chi connectivity index (χ4v) is 1.28. The third-order valence-electron chi connectivity index (χ3n) is 1.83. The van der Waals surface area contributed by atoms with Gasteiger partial charge in [0.15, 0.2) is 0 Å². The molecule has 1 saturated heterocycles. The monoisotopic (exact) mass is 150 g/mol. The minimum atomic E-state index is 0.0818. The van der Waals surface area contributed by atoms with Gasteiger partial charge >= 0.3 is 0 Å². The number of ether oxygens (including phenoxy) is 1. The Morgan fingerprint density at radius 1 is 1.09 bits per heavy atom. The lowest BCUT2D eigenvalue weighted by Gasteiger charge is -2.06. The van der Waals surface area contributed by atoms with E-state index in [1.54, 1.807) is 0 Å².